The Balaban J connectivity index is 2.18. The monoisotopic (exact) mass is 237 g/mol. The van der Waals surface area contributed by atoms with E-state index < -0.39 is 5.54 Å². The zero-order valence-electron chi connectivity index (χ0n) is 10.00. The lowest BCUT2D eigenvalue weighted by molar-refractivity contribution is -0.147. The van der Waals surface area contributed by atoms with Gasteiger partial charge in [-0.1, -0.05) is 18.2 Å². The number of carbonyl (C=O) groups is 1. The fourth-order valence-electron chi connectivity index (χ4n) is 2.39. The molecule has 2 rings (SSSR count). The molecule has 1 N–H and O–H groups in total. The molecule has 0 saturated carbocycles. The minimum atomic E-state index is -0.707. The van der Waals surface area contributed by atoms with Crippen LogP contribution < -0.4 is 5.32 Å². The number of esters is 1. The van der Waals surface area contributed by atoms with Crippen LogP contribution in [0.25, 0.3) is 0 Å². The molecule has 0 spiro atoms. The van der Waals surface area contributed by atoms with Gasteiger partial charge in [0.2, 0.25) is 0 Å². The molecule has 92 valence electrons. The minimum absolute atomic E-state index is 0.0142. The highest BCUT2D eigenvalue weighted by atomic mass is 19.1. The molecule has 1 fully saturated rings. The fraction of sp³-hybridized carbons (Fsp3) is 0.462. The van der Waals surface area contributed by atoms with E-state index >= 15 is 0 Å². The Kier molecular flexibility index (Phi) is 3.15. The molecule has 0 radical (unpaired) electrons. The molecule has 0 bridgehead atoms. The van der Waals surface area contributed by atoms with Crippen molar-refractivity contribution in [3.05, 3.63) is 35.6 Å². The van der Waals surface area contributed by atoms with Crippen LogP contribution in [0.4, 0.5) is 4.39 Å². The lowest BCUT2D eigenvalue weighted by atomic mass is 9.90. The van der Waals surface area contributed by atoms with Crippen molar-refractivity contribution in [1.82, 2.24) is 5.32 Å². The largest absolute Gasteiger partial charge is 0.468 e. The molecule has 1 aromatic carbocycles. The molecule has 1 saturated heterocycles. The predicted molar refractivity (Wildman–Crippen MR) is 62.2 cm³/mol. The van der Waals surface area contributed by atoms with E-state index in [1.54, 1.807) is 19.1 Å². The molecule has 3 nitrogen and oxygen atoms in total. The molecular formula is C13H16FNO2. The summed E-state index contributed by atoms with van der Waals surface area (Å²) < 4.78 is 18.4. The van der Waals surface area contributed by atoms with Gasteiger partial charge in [0.25, 0.3) is 0 Å². The van der Waals surface area contributed by atoms with Crippen LogP contribution in [-0.4, -0.2) is 25.2 Å². The molecule has 0 amide bonds. The Morgan fingerprint density at radius 3 is 2.88 bits per heavy atom. The van der Waals surface area contributed by atoms with Gasteiger partial charge in [0.1, 0.15) is 11.4 Å². The summed E-state index contributed by atoms with van der Waals surface area (Å²) in [6, 6.07) is 6.70. The SMILES string of the molecule is COC(=O)C1(C)CC(c2ccccc2F)CN1. The molecule has 1 heterocycles. The quantitative estimate of drug-likeness (QED) is 0.797. The third kappa shape index (κ3) is 2.17. The summed E-state index contributed by atoms with van der Waals surface area (Å²) >= 11 is 0. The van der Waals surface area contributed by atoms with Crippen molar-refractivity contribution < 1.29 is 13.9 Å². The van der Waals surface area contributed by atoms with Crippen LogP contribution in [0.3, 0.4) is 0 Å². The fourth-order valence-corrected chi connectivity index (χ4v) is 2.39. The van der Waals surface area contributed by atoms with E-state index in [9.17, 15) is 9.18 Å². The van der Waals surface area contributed by atoms with Crippen molar-refractivity contribution in [2.24, 2.45) is 0 Å². The first-order chi connectivity index (χ1) is 8.07. The number of nitrogens with one attached hydrogen (secondary N) is 1. The van der Waals surface area contributed by atoms with Crippen LogP contribution in [0.15, 0.2) is 24.3 Å². The molecule has 1 aromatic rings. The number of halogens is 1. The maximum atomic E-state index is 13.6. The van der Waals surface area contributed by atoms with E-state index in [2.05, 4.69) is 5.32 Å². The normalized spacial score (nSPS) is 28.1. The Labute approximate surface area is 100.0 Å². The molecule has 2 atom stereocenters. The zero-order chi connectivity index (χ0) is 12.5. The van der Waals surface area contributed by atoms with Gasteiger partial charge < -0.3 is 10.1 Å². The summed E-state index contributed by atoms with van der Waals surface area (Å²) in [6.07, 6.45) is 0.556. The maximum Gasteiger partial charge on any atom is 0.325 e. The molecule has 1 aliphatic rings. The van der Waals surface area contributed by atoms with Gasteiger partial charge in [-0.3, -0.25) is 4.79 Å². The summed E-state index contributed by atoms with van der Waals surface area (Å²) in [4.78, 5) is 11.6. The number of methoxy groups -OCH3 is 1. The third-order valence-electron chi connectivity index (χ3n) is 3.37. The number of rotatable bonds is 2. The summed E-state index contributed by atoms with van der Waals surface area (Å²) in [5.74, 6) is -0.495. The Morgan fingerprint density at radius 2 is 2.24 bits per heavy atom. The van der Waals surface area contributed by atoms with Crippen LogP contribution in [0.5, 0.6) is 0 Å². The number of carbonyl (C=O) groups excluding carboxylic acids is 1. The van der Waals surface area contributed by atoms with Gasteiger partial charge in [0.15, 0.2) is 0 Å². The molecular weight excluding hydrogens is 221 g/mol. The first kappa shape index (κ1) is 12.0. The molecule has 2 unspecified atom stereocenters. The first-order valence-electron chi connectivity index (χ1n) is 5.65. The molecule has 0 aromatic heterocycles. The van der Waals surface area contributed by atoms with Gasteiger partial charge in [-0.2, -0.15) is 0 Å². The van der Waals surface area contributed by atoms with Crippen LogP contribution in [0, 0.1) is 5.82 Å². The van der Waals surface area contributed by atoms with Gasteiger partial charge >= 0.3 is 5.97 Å². The predicted octanol–water partition coefficient (Wildman–Crippen LogP) is 1.83. The van der Waals surface area contributed by atoms with E-state index in [1.807, 2.05) is 6.07 Å². The van der Waals surface area contributed by atoms with Gasteiger partial charge in [-0.05, 0) is 25.0 Å². The number of hydrogen-bond acceptors (Lipinski definition) is 3. The van der Waals surface area contributed by atoms with Crippen molar-refractivity contribution in [1.29, 1.82) is 0 Å². The maximum absolute atomic E-state index is 13.6. The average Bonchev–Trinajstić information content (AvgIpc) is 2.72. The van der Waals surface area contributed by atoms with Crippen LogP contribution in [0.2, 0.25) is 0 Å². The Bertz CT molecular complexity index is 435. The van der Waals surface area contributed by atoms with Gasteiger partial charge in [-0.25, -0.2) is 4.39 Å². The summed E-state index contributed by atoms with van der Waals surface area (Å²) in [5.41, 5.74) is -0.0468. The van der Waals surface area contributed by atoms with E-state index in [4.69, 9.17) is 4.74 Å². The van der Waals surface area contributed by atoms with E-state index in [-0.39, 0.29) is 17.7 Å². The second kappa shape index (κ2) is 4.45. The highest BCUT2D eigenvalue weighted by molar-refractivity contribution is 5.80. The molecule has 1 aliphatic heterocycles. The van der Waals surface area contributed by atoms with Crippen molar-refractivity contribution in [2.75, 3.05) is 13.7 Å². The first-order valence-corrected chi connectivity index (χ1v) is 5.65. The van der Waals surface area contributed by atoms with Crippen molar-refractivity contribution in [3.63, 3.8) is 0 Å². The molecule has 17 heavy (non-hydrogen) atoms. The van der Waals surface area contributed by atoms with Gasteiger partial charge in [0.05, 0.1) is 7.11 Å². The summed E-state index contributed by atoms with van der Waals surface area (Å²) in [6.45, 7) is 2.38. The highest BCUT2D eigenvalue weighted by Crippen LogP contribution is 2.33. The lowest BCUT2D eigenvalue weighted by Gasteiger charge is -2.20. The number of benzene rings is 1. The van der Waals surface area contributed by atoms with Crippen LogP contribution in [0.1, 0.15) is 24.8 Å². The zero-order valence-corrected chi connectivity index (χ0v) is 10.00. The van der Waals surface area contributed by atoms with Gasteiger partial charge in [0, 0.05) is 12.5 Å². The molecule has 0 aliphatic carbocycles. The smallest absolute Gasteiger partial charge is 0.325 e. The standard InChI is InChI=1S/C13H16FNO2/c1-13(12(16)17-2)7-9(8-15-13)10-5-3-4-6-11(10)14/h3-6,9,15H,7-8H2,1-2H3. The molecule has 4 heteroatoms. The number of hydrogen-bond donors (Lipinski definition) is 1. The average molecular weight is 237 g/mol. The van der Waals surface area contributed by atoms with E-state index in [0.29, 0.717) is 18.5 Å². The number of ether oxygens (including phenoxy) is 1. The second-order valence-electron chi connectivity index (χ2n) is 4.63. The van der Waals surface area contributed by atoms with E-state index in [1.165, 1.54) is 13.2 Å². The Hall–Kier alpha value is -1.42. The Morgan fingerprint density at radius 1 is 1.53 bits per heavy atom. The minimum Gasteiger partial charge on any atom is -0.468 e. The highest BCUT2D eigenvalue weighted by Gasteiger charge is 2.42. The lowest BCUT2D eigenvalue weighted by Crippen LogP contribution is -2.45. The second-order valence-corrected chi connectivity index (χ2v) is 4.63. The van der Waals surface area contributed by atoms with Crippen molar-refractivity contribution in [2.45, 2.75) is 24.8 Å². The van der Waals surface area contributed by atoms with Crippen LogP contribution >= 0.6 is 0 Å². The van der Waals surface area contributed by atoms with Crippen LogP contribution in [-0.2, 0) is 9.53 Å². The van der Waals surface area contributed by atoms with Crippen molar-refractivity contribution >= 4 is 5.97 Å². The van der Waals surface area contributed by atoms with Gasteiger partial charge in [-0.15, -0.1) is 0 Å². The summed E-state index contributed by atoms with van der Waals surface area (Å²) in [7, 11) is 1.37. The third-order valence-corrected chi connectivity index (χ3v) is 3.37. The van der Waals surface area contributed by atoms with E-state index in [0.717, 1.165) is 0 Å². The topological polar surface area (TPSA) is 38.3 Å². The summed E-state index contributed by atoms with van der Waals surface area (Å²) in [5, 5.41) is 3.12. The van der Waals surface area contributed by atoms with Crippen molar-refractivity contribution in [3.8, 4) is 0 Å².